The van der Waals surface area contributed by atoms with E-state index in [0.29, 0.717) is 0 Å². The lowest BCUT2D eigenvalue weighted by Crippen LogP contribution is -2.37. The van der Waals surface area contributed by atoms with Crippen molar-refractivity contribution < 1.29 is 22.0 Å². The van der Waals surface area contributed by atoms with E-state index in [1.54, 1.807) is 0 Å². The summed E-state index contributed by atoms with van der Waals surface area (Å²) in [5.41, 5.74) is -0.0549. The first kappa shape index (κ1) is 18.2. The first-order chi connectivity index (χ1) is 11.2. The average Bonchev–Trinajstić information content (AvgIpc) is 2.49. The fraction of sp³-hybridized carbons (Fsp3) is 0.133. The van der Waals surface area contributed by atoms with Crippen LogP contribution in [0.5, 0.6) is 0 Å². The third kappa shape index (κ3) is 4.42. The average molecular weight is 375 g/mol. The van der Waals surface area contributed by atoms with Gasteiger partial charge in [-0.25, -0.2) is 17.2 Å². The highest BCUT2D eigenvalue weighted by molar-refractivity contribution is 7.92. The molecule has 2 aromatic carbocycles. The summed E-state index contributed by atoms with van der Waals surface area (Å²) in [4.78, 5) is 12.1. The summed E-state index contributed by atoms with van der Waals surface area (Å²) in [5.74, 6) is -2.13. The predicted molar refractivity (Wildman–Crippen MR) is 88.6 cm³/mol. The number of nitrogens with one attached hydrogen (secondary N) is 1. The Morgan fingerprint density at radius 3 is 2.42 bits per heavy atom. The van der Waals surface area contributed by atoms with E-state index in [9.17, 15) is 22.0 Å². The molecule has 0 atom stereocenters. The molecule has 0 aliphatic carbocycles. The summed E-state index contributed by atoms with van der Waals surface area (Å²) in [6.45, 7) is -0.616. The lowest BCUT2D eigenvalue weighted by molar-refractivity contribution is -0.114. The highest BCUT2D eigenvalue weighted by atomic mass is 35.5. The maximum atomic E-state index is 13.5. The number of hydrogen-bond acceptors (Lipinski definition) is 3. The molecule has 1 N–H and O–H groups in total. The number of amides is 1. The van der Waals surface area contributed by atoms with Crippen molar-refractivity contribution in [1.29, 1.82) is 0 Å². The molecule has 0 saturated heterocycles. The van der Waals surface area contributed by atoms with Crippen LogP contribution in [0.3, 0.4) is 0 Å². The van der Waals surface area contributed by atoms with Gasteiger partial charge in [-0.05, 0) is 30.3 Å². The normalized spacial score (nSPS) is 11.2. The lowest BCUT2D eigenvalue weighted by Gasteiger charge is -2.22. The molecular formula is C15H13ClF2N2O3S. The second-order valence-electron chi connectivity index (χ2n) is 4.90. The zero-order chi connectivity index (χ0) is 17.9. The minimum absolute atomic E-state index is 0.0209. The molecule has 0 spiro atoms. The minimum Gasteiger partial charge on any atom is -0.322 e. The summed E-state index contributed by atoms with van der Waals surface area (Å²) in [6, 6.07) is 8.73. The van der Waals surface area contributed by atoms with Crippen LogP contribution in [-0.2, 0) is 14.8 Å². The Morgan fingerprint density at radius 2 is 1.83 bits per heavy atom. The van der Waals surface area contributed by atoms with Gasteiger partial charge >= 0.3 is 0 Å². The Kier molecular flexibility index (Phi) is 5.40. The van der Waals surface area contributed by atoms with Crippen LogP contribution in [0.2, 0.25) is 5.02 Å². The number of carbonyl (C=O) groups is 1. The highest BCUT2D eigenvalue weighted by Crippen LogP contribution is 2.24. The van der Waals surface area contributed by atoms with Gasteiger partial charge in [-0.3, -0.25) is 9.10 Å². The van der Waals surface area contributed by atoms with Crippen molar-refractivity contribution in [3.63, 3.8) is 0 Å². The molecule has 0 heterocycles. The molecule has 1 amide bonds. The van der Waals surface area contributed by atoms with E-state index in [1.807, 2.05) is 0 Å². The zero-order valence-electron chi connectivity index (χ0n) is 12.5. The maximum absolute atomic E-state index is 13.5. The molecule has 2 aromatic rings. The number of benzene rings is 2. The van der Waals surface area contributed by atoms with Gasteiger partial charge in [0.05, 0.1) is 22.7 Å². The van der Waals surface area contributed by atoms with Crippen LogP contribution in [0.25, 0.3) is 0 Å². The van der Waals surface area contributed by atoms with Crippen LogP contribution in [0.4, 0.5) is 20.2 Å². The van der Waals surface area contributed by atoms with Crippen LogP contribution >= 0.6 is 11.6 Å². The van der Waals surface area contributed by atoms with Gasteiger partial charge in [-0.1, -0.05) is 23.7 Å². The van der Waals surface area contributed by atoms with Crippen molar-refractivity contribution in [3.8, 4) is 0 Å². The summed E-state index contributed by atoms with van der Waals surface area (Å²) in [7, 11) is -3.85. The van der Waals surface area contributed by atoms with Gasteiger partial charge in [0, 0.05) is 0 Å². The van der Waals surface area contributed by atoms with E-state index in [0.717, 1.165) is 28.8 Å². The van der Waals surface area contributed by atoms with Crippen LogP contribution in [-0.4, -0.2) is 27.1 Å². The van der Waals surface area contributed by atoms with E-state index in [-0.39, 0.29) is 16.4 Å². The van der Waals surface area contributed by atoms with Gasteiger partial charge in [-0.15, -0.1) is 0 Å². The molecular weight excluding hydrogens is 362 g/mol. The third-order valence-electron chi connectivity index (χ3n) is 3.03. The van der Waals surface area contributed by atoms with Crippen LogP contribution < -0.4 is 9.62 Å². The van der Waals surface area contributed by atoms with Crippen LogP contribution in [0.15, 0.2) is 42.5 Å². The van der Waals surface area contributed by atoms with E-state index < -0.39 is 34.1 Å². The number of hydrogen-bond donors (Lipinski definition) is 1. The Morgan fingerprint density at radius 1 is 1.17 bits per heavy atom. The van der Waals surface area contributed by atoms with E-state index in [2.05, 4.69) is 5.32 Å². The van der Waals surface area contributed by atoms with Crippen LogP contribution in [0, 0.1) is 11.6 Å². The monoisotopic (exact) mass is 374 g/mol. The molecule has 0 fully saturated rings. The molecule has 0 aliphatic rings. The van der Waals surface area contributed by atoms with Crippen molar-refractivity contribution >= 4 is 38.9 Å². The van der Waals surface area contributed by atoms with E-state index in [4.69, 9.17) is 11.6 Å². The second kappa shape index (κ2) is 7.14. The van der Waals surface area contributed by atoms with Gasteiger partial charge in [0.2, 0.25) is 15.9 Å². The standard InChI is InChI=1S/C15H13ClF2N2O3S/c1-24(22,23)20(10-6-7-12(17)11(16)8-10)9-15(21)19-14-5-3-2-4-13(14)18/h2-8H,9H2,1H3,(H,19,21). The molecule has 5 nitrogen and oxygen atoms in total. The van der Waals surface area contributed by atoms with Crippen molar-refractivity contribution in [2.24, 2.45) is 0 Å². The topological polar surface area (TPSA) is 66.5 Å². The lowest BCUT2D eigenvalue weighted by atomic mass is 10.3. The molecule has 2 rings (SSSR count). The van der Waals surface area contributed by atoms with Crippen molar-refractivity contribution in [3.05, 3.63) is 59.1 Å². The molecule has 128 valence electrons. The fourth-order valence-corrected chi connectivity index (χ4v) is 2.95. The van der Waals surface area contributed by atoms with Crippen molar-refractivity contribution in [2.45, 2.75) is 0 Å². The second-order valence-corrected chi connectivity index (χ2v) is 7.21. The Bertz CT molecular complexity index is 875. The number of rotatable bonds is 5. The molecule has 0 aromatic heterocycles. The summed E-state index contributed by atoms with van der Waals surface area (Å²) < 4.78 is 51.3. The Hall–Kier alpha value is -2.19. The quantitative estimate of drug-likeness (QED) is 0.874. The summed E-state index contributed by atoms with van der Waals surface area (Å²) in [5, 5.41) is 2.00. The Labute approximate surface area is 142 Å². The van der Waals surface area contributed by atoms with E-state index in [1.165, 1.54) is 24.3 Å². The smallest absolute Gasteiger partial charge is 0.245 e. The number of carbonyl (C=O) groups excluding carboxylic acids is 1. The number of halogens is 3. The molecule has 24 heavy (non-hydrogen) atoms. The van der Waals surface area contributed by atoms with Gasteiger partial charge in [0.25, 0.3) is 0 Å². The van der Waals surface area contributed by atoms with Gasteiger partial charge in [-0.2, -0.15) is 0 Å². The fourth-order valence-electron chi connectivity index (χ4n) is 1.92. The number of anilines is 2. The number of sulfonamides is 1. The molecule has 0 saturated carbocycles. The highest BCUT2D eigenvalue weighted by Gasteiger charge is 2.22. The van der Waals surface area contributed by atoms with Crippen molar-refractivity contribution in [2.75, 3.05) is 22.4 Å². The minimum atomic E-state index is -3.85. The van der Waals surface area contributed by atoms with Gasteiger partial charge in [0.1, 0.15) is 18.2 Å². The molecule has 0 aliphatic heterocycles. The largest absolute Gasteiger partial charge is 0.322 e. The van der Waals surface area contributed by atoms with Crippen molar-refractivity contribution in [1.82, 2.24) is 0 Å². The molecule has 0 radical (unpaired) electrons. The number of para-hydroxylation sites is 1. The van der Waals surface area contributed by atoms with Gasteiger partial charge < -0.3 is 5.32 Å². The maximum Gasteiger partial charge on any atom is 0.245 e. The van der Waals surface area contributed by atoms with Crippen LogP contribution in [0.1, 0.15) is 0 Å². The molecule has 0 unspecified atom stereocenters. The van der Waals surface area contributed by atoms with Gasteiger partial charge in [0.15, 0.2) is 0 Å². The first-order valence-electron chi connectivity index (χ1n) is 6.65. The molecule has 0 bridgehead atoms. The van der Waals surface area contributed by atoms with E-state index >= 15 is 0 Å². The third-order valence-corrected chi connectivity index (χ3v) is 4.46. The summed E-state index contributed by atoms with van der Waals surface area (Å²) in [6.07, 6.45) is 0.890. The predicted octanol–water partition coefficient (Wildman–Crippen LogP) is 3.02. The summed E-state index contributed by atoms with van der Waals surface area (Å²) >= 11 is 5.65. The first-order valence-corrected chi connectivity index (χ1v) is 8.88. The number of nitrogens with zero attached hydrogens (tertiary/aromatic N) is 1. The zero-order valence-corrected chi connectivity index (χ0v) is 14.0. The SMILES string of the molecule is CS(=O)(=O)N(CC(=O)Nc1ccccc1F)c1ccc(F)c(Cl)c1. The molecule has 9 heteroatoms. The Balaban J connectivity index is 2.25.